The molecule has 1 nitrogen and oxygen atoms in total. The van der Waals surface area contributed by atoms with Gasteiger partial charge in [-0.25, -0.2) is 0 Å². The Morgan fingerprint density at radius 1 is 1.00 bits per heavy atom. The molecule has 3 rings (SSSR count). The molecule has 0 fully saturated rings. The molecule has 2 aromatic rings. The van der Waals surface area contributed by atoms with Crippen LogP contribution in [0.3, 0.4) is 0 Å². The van der Waals surface area contributed by atoms with Crippen LogP contribution in [0.15, 0.2) is 36.4 Å². The molecular formula is C20H21N. The lowest BCUT2D eigenvalue weighted by molar-refractivity contribution is 0.416. The molecule has 21 heavy (non-hydrogen) atoms. The first kappa shape index (κ1) is 13.9. The van der Waals surface area contributed by atoms with Gasteiger partial charge < -0.3 is 0 Å². The second kappa shape index (κ2) is 5.04. The Kier molecular flexibility index (Phi) is 3.33. The van der Waals surface area contributed by atoms with Crippen molar-refractivity contribution in [3.8, 4) is 6.07 Å². The van der Waals surface area contributed by atoms with E-state index in [4.69, 9.17) is 0 Å². The highest BCUT2D eigenvalue weighted by atomic mass is 14.4. The van der Waals surface area contributed by atoms with Crippen molar-refractivity contribution in [2.45, 2.75) is 40.0 Å². The minimum absolute atomic E-state index is 0.269. The summed E-state index contributed by atoms with van der Waals surface area (Å²) in [5, 5.41) is 9.84. The van der Waals surface area contributed by atoms with Crippen molar-refractivity contribution in [2.24, 2.45) is 5.41 Å². The summed E-state index contributed by atoms with van der Waals surface area (Å²) in [5.41, 5.74) is 7.72. The van der Waals surface area contributed by atoms with Gasteiger partial charge in [-0.15, -0.1) is 0 Å². The van der Waals surface area contributed by atoms with E-state index in [1.54, 1.807) is 0 Å². The highest BCUT2D eigenvalue weighted by molar-refractivity contribution is 5.42. The molecule has 0 radical (unpaired) electrons. The Morgan fingerprint density at radius 2 is 1.52 bits per heavy atom. The van der Waals surface area contributed by atoms with Crippen molar-refractivity contribution < 1.29 is 0 Å². The molecule has 0 unspecified atom stereocenters. The smallest absolute Gasteiger partial charge is 0.0700 e. The Bertz CT molecular complexity index is 686. The minimum Gasteiger partial charge on any atom is -0.198 e. The SMILES string of the molecule is Cc1cc(C)c(CC2(C#N)Cc3ccccc3C2)c(C)c1. The fourth-order valence-electron chi connectivity index (χ4n) is 3.76. The molecule has 0 spiro atoms. The van der Waals surface area contributed by atoms with E-state index >= 15 is 0 Å². The zero-order valence-corrected chi connectivity index (χ0v) is 13.0. The Hall–Kier alpha value is -2.07. The van der Waals surface area contributed by atoms with Crippen molar-refractivity contribution in [3.05, 3.63) is 69.8 Å². The van der Waals surface area contributed by atoms with Gasteiger partial charge in [0.2, 0.25) is 0 Å². The lowest BCUT2D eigenvalue weighted by Gasteiger charge is -2.23. The Balaban J connectivity index is 1.97. The number of hydrogen-bond donors (Lipinski definition) is 0. The summed E-state index contributed by atoms with van der Waals surface area (Å²) in [6, 6.07) is 15.6. The van der Waals surface area contributed by atoms with Crippen LogP contribution in [0.5, 0.6) is 0 Å². The number of hydrogen-bond acceptors (Lipinski definition) is 1. The monoisotopic (exact) mass is 275 g/mol. The van der Waals surface area contributed by atoms with Crippen LogP contribution in [0.4, 0.5) is 0 Å². The maximum absolute atomic E-state index is 9.84. The zero-order chi connectivity index (χ0) is 15.0. The van der Waals surface area contributed by atoms with Gasteiger partial charge in [-0.3, -0.25) is 0 Å². The van der Waals surface area contributed by atoms with Gasteiger partial charge in [-0.2, -0.15) is 5.26 Å². The molecule has 0 bridgehead atoms. The van der Waals surface area contributed by atoms with Gasteiger partial charge in [0, 0.05) is 0 Å². The summed E-state index contributed by atoms with van der Waals surface area (Å²) < 4.78 is 0. The topological polar surface area (TPSA) is 23.8 Å². The van der Waals surface area contributed by atoms with Gasteiger partial charge in [-0.05, 0) is 67.9 Å². The average Bonchev–Trinajstić information content (AvgIpc) is 2.82. The van der Waals surface area contributed by atoms with E-state index in [0.29, 0.717) is 0 Å². The number of nitrogens with zero attached hydrogens (tertiary/aromatic N) is 1. The van der Waals surface area contributed by atoms with Gasteiger partial charge in [0.15, 0.2) is 0 Å². The standard InChI is InChI=1S/C20H21N/c1-14-8-15(2)19(16(3)9-14)12-20(13-21)10-17-6-4-5-7-18(17)11-20/h4-9H,10-12H2,1-3H3. The molecule has 106 valence electrons. The number of aryl methyl sites for hydroxylation is 3. The predicted octanol–water partition coefficient (Wildman–Crippen LogP) is 4.46. The molecular weight excluding hydrogens is 254 g/mol. The molecule has 0 saturated heterocycles. The quantitative estimate of drug-likeness (QED) is 0.793. The largest absolute Gasteiger partial charge is 0.198 e. The maximum atomic E-state index is 9.84. The maximum Gasteiger partial charge on any atom is 0.0700 e. The van der Waals surface area contributed by atoms with Crippen molar-refractivity contribution >= 4 is 0 Å². The molecule has 0 atom stereocenters. The van der Waals surface area contributed by atoms with E-state index in [1.807, 2.05) is 0 Å². The van der Waals surface area contributed by atoms with Crippen molar-refractivity contribution in [1.29, 1.82) is 5.26 Å². The first-order valence-corrected chi connectivity index (χ1v) is 7.58. The van der Waals surface area contributed by atoms with Gasteiger partial charge >= 0.3 is 0 Å². The van der Waals surface area contributed by atoms with Crippen LogP contribution in [0, 0.1) is 37.5 Å². The van der Waals surface area contributed by atoms with Gasteiger partial charge in [-0.1, -0.05) is 42.0 Å². The van der Waals surface area contributed by atoms with Gasteiger partial charge in [0.05, 0.1) is 11.5 Å². The predicted molar refractivity (Wildman–Crippen MR) is 86.3 cm³/mol. The number of fused-ring (bicyclic) bond motifs is 1. The third-order valence-corrected chi connectivity index (χ3v) is 4.77. The molecule has 1 aliphatic rings. The van der Waals surface area contributed by atoms with Crippen LogP contribution in [0.2, 0.25) is 0 Å². The van der Waals surface area contributed by atoms with Crippen molar-refractivity contribution in [2.75, 3.05) is 0 Å². The summed E-state index contributed by atoms with van der Waals surface area (Å²) in [5.74, 6) is 0. The zero-order valence-electron chi connectivity index (χ0n) is 13.0. The third kappa shape index (κ3) is 2.47. The first-order chi connectivity index (χ1) is 10.0. The average molecular weight is 275 g/mol. The molecule has 1 heteroatoms. The van der Waals surface area contributed by atoms with Crippen LogP contribution >= 0.6 is 0 Å². The summed E-state index contributed by atoms with van der Waals surface area (Å²) in [6.45, 7) is 6.47. The Labute approximate surface area is 127 Å². The molecule has 1 aliphatic carbocycles. The van der Waals surface area contributed by atoms with E-state index in [1.165, 1.54) is 33.4 Å². The molecule has 2 aromatic carbocycles. The summed E-state index contributed by atoms with van der Waals surface area (Å²) in [4.78, 5) is 0. The normalized spacial score (nSPS) is 15.5. The van der Waals surface area contributed by atoms with E-state index in [0.717, 1.165) is 19.3 Å². The van der Waals surface area contributed by atoms with E-state index in [9.17, 15) is 5.26 Å². The van der Waals surface area contributed by atoms with Crippen LogP contribution in [-0.2, 0) is 19.3 Å². The van der Waals surface area contributed by atoms with E-state index < -0.39 is 0 Å². The fraction of sp³-hybridized carbons (Fsp3) is 0.350. The minimum atomic E-state index is -0.269. The molecule has 0 heterocycles. The van der Waals surface area contributed by atoms with Crippen LogP contribution < -0.4 is 0 Å². The summed E-state index contributed by atoms with van der Waals surface area (Å²) >= 11 is 0. The first-order valence-electron chi connectivity index (χ1n) is 7.58. The van der Waals surface area contributed by atoms with E-state index in [2.05, 4.69) is 63.2 Å². The van der Waals surface area contributed by atoms with Gasteiger partial charge in [0.25, 0.3) is 0 Å². The molecule has 0 N–H and O–H groups in total. The number of benzene rings is 2. The van der Waals surface area contributed by atoms with Crippen LogP contribution in [0.25, 0.3) is 0 Å². The lowest BCUT2D eigenvalue weighted by atomic mass is 9.78. The molecule has 0 aliphatic heterocycles. The van der Waals surface area contributed by atoms with E-state index in [-0.39, 0.29) is 5.41 Å². The van der Waals surface area contributed by atoms with Crippen LogP contribution in [0.1, 0.15) is 33.4 Å². The second-order valence-corrected chi connectivity index (χ2v) is 6.57. The van der Waals surface area contributed by atoms with Gasteiger partial charge in [0.1, 0.15) is 0 Å². The number of rotatable bonds is 2. The van der Waals surface area contributed by atoms with Crippen molar-refractivity contribution in [1.82, 2.24) is 0 Å². The van der Waals surface area contributed by atoms with Crippen molar-refractivity contribution in [3.63, 3.8) is 0 Å². The molecule has 0 saturated carbocycles. The third-order valence-electron chi connectivity index (χ3n) is 4.77. The highest BCUT2D eigenvalue weighted by Gasteiger charge is 2.38. The van der Waals surface area contributed by atoms with Crippen LogP contribution in [-0.4, -0.2) is 0 Å². The highest BCUT2D eigenvalue weighted by Crippen LogP contribution is 2.40. The lowest BCUT2D eigenvalue weighted by Crippen LogP contribution is -2.23. The summed E-state index contributed by atoms with van der Waals surface area (Å²) in [6.07, 6.45) is 2.62. The molecule has 0 aromatic heterocycles. The fourth-order valence-corrected chi connectivity index (χ4v) is 3.76. The summed E-state index contributed by atoms with van der Waals surface area (Å²) in [7, 11) is 0. The molecule has 0 amide bonds. The second-order valence-electron chi connectivity index (χ2n) is 6.57. The Morgan fingerprint density at radius 3 is 2.00 bits per heavy atom. The number of nitriles is 1.